The fraction of sp³-hybridized carbons (Fsp3) is 0.368. The van der Waals surface area contributed by atoms with Crippen molar-refractivity contribution in [2.24, 2.45) is 10.9 Å². The number of hydrogen-bond donors (Lipinski definition) is 3. The standard InChI is InChI=1S/C19H27N5O.HI/c1-15(2)18(25)23-17-8-6-16(7-9-17)14-22-19(20-3)21-10-13-24-11-4-5-12-24;/h4-9,11-12,15H,10,13-14H2,1-3H3,(H,23,25)(H2,20,21,22);1H. The van der Waals surface area contributed by atoms with Crippen molar-refractivity contribution in [2.45, 2.75) is 26.9 Å². The van der Waals surface area contributed by atoms with Gasteiger partial charge in [-0.1, -0.05) is 26.0 Å². The van der Waals surface area contributed by atoms with E-state index in [1.54, 1.807) is 7.05 Å². The zero-order chi connectivity index (χ0) is 18.1. The molecule has 0 radical (unpaired) electrons. The fourth-order valence-corrected chi connectivity index (χ4v) is 2.22. The number of amides is 1. The molecule has 0 saturated heterocycles. The third-order valence-electron chi connectivity index (χ3n) is 3.76. The quantitative estimate of drug-likeness (QED) is 0.332. The lowest BCUT2D eigenvalue weighted by molar-refractivity contribution is -0.118. The molecule has 1 aromatic heterocycles. The second-order valence-electron chi connectivity index (χ2n) is 6.11. The van der Waals surface area contributed by atoms with Crippen molar-refractivity contribution in [1.29, 1.82) is 0 Å². The minimum atomic E-state index is -0.0257. The van der Waals surface area contributed by atoms with Gasteiger partial charge in [-0.25, -0.2) is 0 Å². The molecule has 0 unspecified atom stereocenters. The molecule has 0 fully saturated rings. The molecule has 2 aromatic rings. The van der Waals surface area contributed by atoms with Gasteiger partial charge in [0.15, 0.2) is 5.96 Å². The summed E-state index contributed by atoms with van der Waals surface area (Å²) in [5, 5.41) is 9.46. The molecule has 0 saturated carbocycles. The second-order valence-corrected chi connectivity index (χ2v) is 6.11. The monoisotopic (exact) mass is 469 g/mol. The molecule has 0 spiro atoms. The topological polar surface area (TPSA) is 70.5 Å². The van der Waals surface area contributed by atoms with Gasteiger partial charge < -0.3 is 20.5 Å². The van der Waals surface area contributed by atoms with Gasteiger partial charge in [-0.15, -0.1) is 24.0 Å². The predicted octanol–water partition coefficient (Wildman–Crippen LogP) is 3.07. The molecule has 7 heteroatoms. The van der Waals surface area contributed by atoms with Gasteiger partial charge in [0.2, 0.25) is 5.91 Å². The van der Waals surface area contributed by atoms with Gasteiger partial charge in [-0.05, 0) is 29.8 Å². The molecule has 1 heterocycles. The van der Waals surface area contributed by atoms with Crippen molar-refractivity contribution in [2.75, 3.05) is 18.9 Å². The van der Waals surface area contributed by atoms with Gasteiger partial charge in [-0.3, -0.25) is 9.79 Å². The third kappa shape index (κ3) is 7.47. The summed E-state index contributed by atoms with van der Waals surface area (Å²) < 4.78 is 2.12. The van der Waals surface area contributed by atoms with Gasteiger partial charge in [0, 0.05) is 50.7 Å². The highest BCUT2D eigenvalue weighted by molar-refractivity contribution is 14.0. The Morgan fingerprint density at radius 1 is 1.12 bits per heavy atom. The molecule has 2 rings (SSSR count). The molecule has 0 aliphatic heterocycles. The minimum Gasteiger partial charge on any atom is -0.355 e. The van der Waals surface area contributed by atoms with Crippen molar-refractivity contribution in [1.82, 2.24) is 15.2 Å². The maximum atomic E-state index is 11.7. The number of guanidine groups is 1. The van der Waals surface area contributed by atoms with Crippen LogP contribution in [-0.2, 0) is 17.9 Å². The first kappa shape index (κ1) is 22.0. The summed E-state index contributed by atoms with van der Waals surface area (Å²) in [7, 11) is 1.76. The Labute approximate surface area is 172 Å². The van der Waals surface area contributed by atoms with Gasteiger partial charge >= 0.3 is 0 Å². The Hall–Kier alpha value is -2.03. The summed E-state index contributed by atoms with van der Waals surface area (Å²) in [6.45, 7) is 6.11. The molecule has 142 valence electrons. The van der Waals surface area contributed by atoms with Crippen LogP contribution in [0.1, 0.15) is 19.4 Å². The van der Waals surface area contributed by atoms with E-state index < -0.39 is 0 Å². The van der Waals surface area contributed by atoms with E-state index in [1.807, 2.05) is 62.6 Å². The van der Waals surface area contributed by atoms with Crippen LogP contribution < -0.4 is 16.0 Å². The Balaban J connectivity index is 0.00000338. The van der Waals surface area contributed by atoms with Crippen molar-refractivity contribution in [3.63, 3.8) is 0 Å². The lowest BCUT2D eigenvalue weighted by Gasteiger charge is -2.13. The lowest BCUT2D eigenvalue weighted by Crippen LogP contribution is -2.38. The Morgan fingerprint density at radius 2 is 1.77 bits per heavy atom. The summed E-state index contributed by atoms with van der Waals surface area (Å²) in [5.41, 5.74) is 1.94. The smallest absolute Gasteiger partial charge is 0.226 e. The Kier molecular flexibility index (Phi) is 9.79. The highest BCUT2D eigenvalue weighted by Gasteiger charge is 2.06. The zero-order valence-electron chi connectivity index (χ0n) is 15.5. The molecule has 0 bridgehead atoms. The van der Waals surface area contributed by atoms with Crippen LogP contribution in [0.15, 0.2) is 53.8 Å². The number of anilines is 1. The van der Waals surface area contributed by atoms with E-state index in [1.165, 1.54) is 0 Å². The molecule has 26 heavy (non-hydrogen) atoms. The molecule has 3 N–H and O–H groups in total. The van der Waals surface area contributed by atoms with Crippen molar-refractivity contribution in [3.05, 3.63) is 54.4 Å². The van der Waals surface area contributed by atoms with Crippen LogP contribution in [-0.4, -0.2) is 30.0 Å². The summed E-state index contributed by atoms with van der Waals surface area (Å²) >= 11 is 0. The number of nitrogens with zero attached hydrogens (tertiary/aromatic N) is 2. The molecular weight excluding hydrogens is 441 g/mol. The average Bonchev–Trinajstić information content (AvgIpc) is 3.12. The first-order valence-corrected chi connectivity index (χ1v) is 8.53. The predicted molar refractivity (Wildman–Crippen MR) is 118 cm³/mol. The maximum absolute atomic E-state index is 11.7. The molecule has 6 nitrogen and oxygen atoms in total. The van der Waals surface area contributed by atoms with E-state index in [0.717, 1.165) is 30.3 Å². The van der Waals surface area contributed by atoms with Crippen LogP contribution in [0.3, 0.4) is 0 Å². The van der Waals surface area contributed by atoms with Crippen LogP contribution in [0, 0.1) is 5.92 Å². The van der Waals surface area contributed by atoms with Crippen LogP contribution in [0.5, 0.6) is 0 Å². The molecule has 0 atom stereocenters. The zero-order valence-corrected chi connectivity index (χ0v) is 17.9. The highest BCUT2D eigenvalue weighted by atomic mass is 127. The second kappa shape index (κ2) is 11.6. The molecular formula is C19H28IN5O. The summed E-state index contributed by atoms with van der Waals surface area (Å²) in [6.07, 6.45) is 4.08. The fourth-order valence-electron chi connectivity index (χ4n) is 2.22. The van der Waals surface area contributed by atoms with E-state index in [0.29, 0.717) is 6.54 Å². The maximum Gasteiger partial charge on any atom is 0.226 e. The van der Waals surface area contributed by atoms with E-state index >= 15 is 0 Å². The number of carbonyl (C=O) groups is 1. The highest BCUT2D eigenvalue weighted by Crippen LogP contribution is 2.10. The number of hydrogen-bond acceptors (Lipinski definition) is 2. The van der Waals surface area contributed by atoms with Crippen LogP contribution in [0.25, 0.3) is 0 Å². The van der Waals surface area contributed by atoms with Gasteiger partial charge in [0.05, 0.1) is 0 Å². The van der Waals surface area contributed by atoms with Crippen molar-refractivity contribution in [3.8, 4) is 0 Å². The first-order valence-electron chi connectivity index (χ1n) is 8.53. The van der Waals surface area contributed by atoms with Crippen LogP contribution in [0.2, 0.25) is 0 Å². The average molecular weight is 469 g/mol. The molecule has 0 aliphatic rings. The van der Waals surface area contributed by atoms with Gasteiger partial charge in [0.25, 0.3) is 0 Å². The first-order chi connectivity index (χ1) is 12.1. The molecule has 1 aromatic carbocycles. The van der Waals surface area contributed by atoms with Gasteiger partial charge in [0.1, 0.15) is 0 Å². The molecule has 1 amide bonds. The van der Waals surface area contributed by atoms with Crippen molar-refractivity contribution >= 4 is 41.5 Å². The number of carbonyl (C=O) groups excluding carboxylic acids is 1. The lowest BCUT2D eigenvalue weighted by atomic mass is 10.1. The number of benzene rings is 1. The summed E-state index contributed by atoms with van der Waals surface area (Å²) in [4.78, 5) is 15.9. The Morgan fingerprint density at radius 3 is 2.35 bits per heavy atom. The largest absolute Gasteiger partial charge is 0.355 e. The third-order valence-corrected chi connectivity index (χ3v) is 3.76. The number of rotatable bonds is 7. The number of aromatic nitrogens is 1. The van der Waals surface area contributed by atoms with Crippen molar-refractivity contribution < 1.29 is 4.79 Å². The van der Waals surface area contributed by atoms with Gasteiger partial charge in [-0.2, -0.15) is 0 Å². The Bertz CT molecular complexity index is 680. The number of nitrogens with one attached hydrogen (secondary N) is 3. The summed E-state index contributed by atoms with van der Waals surface area (Å²) in [5.74, 6) is 0.768. The normalized spacial score (nSPS) is 11.0. The van der Waals surface area contributed by atoms with E-state index in [4.69, 9.17) is 0 Å². The van der Waals surface area contributed by atoms with E-state index in [2.05, 4.69) is 25.5 Å². The SMILES string of the molecule is CN=C(NCCn1cccc1)NCc1ccc(NC(=O)C(C)C)cc1.I. The van der Waals surface area contributed by atoms with Crippen LogP contribution in [0.4, 0.5) is 5.69 Å². The minimum absolute atomic E-state index is 0. The van der Waals surface area contributed by atoms with Crippen LogP contribution >= 0.6 is 24.0 Å². The number of halogens is 1. The van der Waals surface area contributed by atoms with E-state index in [9.17, 15) is 4.79 Å². The molecule has 0 aliphatic carbocycles. The summed E-state index contributed by atoms with van der Waals surface area (Å²) in [6, 6.07) is 11.9. The number of aliphatic imine (C=N–C) groups is 1. The van der Waals surface area contributed by atoms with E-state index in [-0.39, 0.29) is 35.8 Å².